The van der Waals surface area contributed by atoms with Crippen molar-refractivity contribution in [2.45, 2.75) is 18.4 Å². The van der Waals surface area contributed by atoms with Gasteiger partial charge in [0.2, 0.25) is 10.0 Å². The number of halogens is 1. The van der Waals surface area contributed by atoms with E-state index < -0.39 is 10.0 Å². The number of rotatable bonds is 4. The molecule has 0 aromatic heterocycles. The third kappa shape index (κ3) is 2.92. The Labute approximate surface area is 93.9 Å². The van der Waals surface area contributed by atoms with Crippen LogP contribution in [0.1, 0.15) is 12.5 Å². The molecule has 84 valence electrons. The molecule has 0 atom stereocenters. The van der Waals surface area contributed by atoms with Crippen LogP contribution in [0.2, 0.25) is 5.02 Å². The molecule has 0 saturated carbocycles. The molecule has 0 fully saturated rings. The number of nitrogens with one attached hydrogen (secondary N) is 1. The summed E-state index contributed by atoms with van der Waals surface area (Å²) in [7, 11) is -3.54. The zero-order chi connectivity index (χ0) is 11.5. The molecular weight excluding hydrogens is 238 g/mol. The molecule has 0 heterocycles. The van der Waals surface area contributed by atoms with Gasteiger partial charge in [-0.25, -0.2) is 13.1 Å². The Hall–Kier alpha value is -0.620. The fourth-order valence-corrected chi connectivity index (χ4v) is 2.65. The first kappa shape index (κ1) is 12.4. The Balaban J connectivity index is 3.25. The quantitative estimate of drug-likeness (QED) is 0.841. The van der Waals surface area contributed by atoms with Gasteiger partial charge in [0.15, 0.2) is 0 Å². The molecule has 0 radical (unpaired) electrons. The molecule has 1 aromatic carbocycles. The van der Waals surface area contributed by atoms with E-state index in [1.807, 2.05) is 0 Å². The minimum absolute atomic E-state index is 0.0660. The van der Waals surface area contributed by atoms with Crippen molar-refractivity contribution in [1.29, 1.82) is 0 Å². The largest absolute Gasteiger partial charge is 0.392 e. The van der Waals surface area contributed by atoms with Crippen molar-refractivity contribution >= 4 is 21.6 Å². The summed E-state index contributed by atoms with van der Waals surface area (Å²) in [5, 5.41) is 9.42. The topological polar surface area (TPSA) is 66.4 Å². The van der Waals surface area contributed by atoms with Gasteiger partial charge < -0.3 is 5.11 Å². The lowest BCUT2D eigenvalue weighted by molar-refractivity contribution is 0.278. The molecule has 6 heteroatoms. The van der Waals surface area contributed by atoms with Crippen molar-refractivity contribution in [3.63, 3.8) is 0 Å². The average Bonchev–Trinajstić information content (AvgIpc) is 2.17. The SMILES string of the molecule is CCNS(=O)(=O)c1ccc(Cl)cc1CO. The first-order valence-electron chi connectivity index (χ1n) is 4.40. The van der Waals surface area contributed by atoms with Gasteiger partial charge in [-0.15, -0.1) is 0 Å². The Morgan fingerprint density at radius 3 is 2.67 bits per heavy atom. The number of aliphatic hydroxyl groups is 1. The Morgan fingerprint density at radius 1 is 1.47 bits per heavy atom. The lowest BCUT2D eigenvalue weighted by Gasteiger charge is -2.08. The standard InChI is InChI=1S/C9H12ClNO3S/c1-2-11-15(13,14)9-4-3-8(10)5-7(9)6-12/h3-5,11-12H,2,6H2,1H3. The second kappa shape index (κ2) is 4.94. The summed E-state index contributed by atoms with van der Waals surface area (Å²) in [5.74, 6) is 0. The van der Waals surface area contributed by atoms with E-state index in [1.54, 1.807) is 6.92 Å². The summed E-state index contributed by atoms with van der Waals surface area (Å²) in [6, 6.07) is 4.29. The van der Waals surface area contributed by atoms with Gasteiger partial charge in [-0.2, -0.15) is 0 Å². The highest BCUT2D eigenvalue weighted by Crippen LogP contribution is 2.20. The fourth-order valence-electron chi connectivity index (χ4n) is 1.20. The summed E-state index contributed by atoms with van der Waals surface area (Å²) in [6.07, 6.45) is 0. The van der Waals surface area contributed by atoms with Gasteiger partial charge in [-0.05, 0) is 23.8 Å². The fraction of sp³-hybridized carbons (Fsp3) is 0.333. The van der Waals surface area contributed by atoms with Crippen molar-refractivity contribution in [2.75, 3.05) is 6.54 Å². The number of sulfonamides is 1. The Kier molecular flexibility index (Phi) is 4.10. The normalized spacial score (nSPS) is 11.7. The minimum Gasteiger partial charge on any atom is -0.392 e. The van der Waals surface area contributed by atoms with E-state index >= 15 is 0 Å². The van der Waals surface area contributed by atoms with Crippen LogP contribution in [-0.2, 0) is 16.6 Å². The highest BCUT2D eigenvalue weighted by molar-refractivity contribution is 7.89. The number of hydrogen-bond acceptors (Lipinski definition) is 3. The van der Waals surface area contributed by atoms with E-state index in [2.05, 4.69) is 4.72 Å². The van der Waals surface area contributed by atoms with Crippen LogP contribution in [0.5, 0.6) is 0 Å². The number of hydrogen-bond donors (Lipinski definition) is 2. The molecule has 15 heavy (non-hydrogen) atoms. The zero-order valence-corrected chi connectivity index (χ0v) is 9.77. The minimum atomic E-state index is -3.54. The van der Waals surface area contributed by atoms with Crippen LogP contribution in [0.25, 0.3) is 0 Å². The summed E-state index contributed by atoms with van der Waals surface area (Å²) in [5.41, 5.74) is 0.295. The van der Waals surface area contributed by atoms with Crippen LogP contribution in [-0.4, -0.2) is 20.1 Å². The summed E-state index contributed by atoms with van der Waals surface area (Å²) >= 11 is 5.70. The van der Waals surface area contributed by atoms with Gasteiger partial charge in [-0.1, -0.05) is 18.5 Å². The van der Waals surface area contributed by atoms with Gasteiger partial charge in [-0.3, -0.25) is 0 Å². The summed E-state index contributed by atoms with van der Waals surface area (Å²) < 4.78 is 25.7. The van der Waals surface area contributed by atoms with Gasteiger partial charge in [0, 0.05) is 11.6 Å². The van der Waals surface area contributed by atoms with Crippen LogP contribution < -0.4 is 4.72 Å². The van der Waals surface area contributed by atoms with Crippen molar-refractivity contribution in [2.24, 2.45) is 0 Å². The van der Waals surface area contributed by atoms with E-state index in [4.69, 9.17) is 16.7 Å². The maximum absolute atomic E-state index is 11.7. The van der Waals surface area contributed by atoms with Crippen molar-refractivity contribution in [3.8, 4) is 0 Å². The van der Waals surface area contributed by atoms with E-state index in [1.165, 1.54) is 18.2 Å². The van der Waals surface area contributed by atoms with Gasteiger partial charge in [0.25, 0.3) is 0 Å². The molecule has 0 saturated heterocycles. The first-order valence-corrected chi connectivity index (χ1v) is 6.26. The maximum Gasteiger partial charge on any atom is 0.240 e. The lowest BCUT2D eigenvalue weighted by Crippen LogP contribution is -2.24. The smallest absolute Gasteiger partial charge is 0.240 e. The molecule has 4 nitrogen and oxygen atoms in total. The molecule has 2 N–H and O–H groups in total. The van der Waals surface area contributed by atoms with Crippen LogP contribution in [0, 0.1) is 0 Å². The average molecular weight is 250 g/mol. The van der Waals surface area contributed by atoms with E-state index in [0.717, 1.165) is 0 Å². The highest BCUT2D eigenvalue weighted by Gasteiger charge is 2.16. The van der Waals surface area contributed by atoms with E-state index in [9.17, 15) is 8.42 Å². The van der Waals surface area contributed by atoms with Crippen LogP contribution in [0.4, 0.5) is 0 Å². The molecule has 1 rings (SSSR count). The second-order valence-electron chi connectivity index (χ2n) is 2.91. The Bertz CT molecular complexity index is 445. The first-order chi connectivity index (χ1) is 7.01. The van der Waals surface area contributed by atoms with Gasteiger partial charge in [0.1, 0.15) is 0 Å². The molecule has 0 unspecified atom stereocenters. The van der Waals surface area contributed by atoms with Crippen LogP contribution in [0.3, 0.4) is 0 Å². The molecule has 0 aliphatic heterocycles. The Morgan fingerprint density at radius 2 is 2.13 bits per heavy atom. The van der Waals surface area contributed by atoms with Crippen LogP contribution in [0.15, 0.2) is 23.1 Å². The van der Waals surface area contributed by atoms with E-state index in [-0.39, 0.29) is 11.5 Å². The van der Waals surface area contributed by atoms with E-state index in [0.29, 0.717) is 17.1 Å². The predicted octanol–water partition coefficient (Wildman–Crippen LogP) is 1.13. The molecule has 0 aliphatic rings. The summed E-state index contributed by atoms with van der Waals surface area (Å²) in [4.78, 5) is 0.0660. The molecule has 0 aliphatic carbocycles. The van der Waals surface area contributed by atoms with Gasteiger partial charge in [0.05, 0.1) is 11.5 Å². The van der Waals surface area contributed by atoms with Gasteiger partial charge >= 0.3 is 0 Å². The van der Waals surface area contributed by atoms with Crippen molar-refractivity contribution < 1.29 is 13.5 Å². The molecule has 0 amide bonds. The molecular formula is C9H12ClNO3S. The van der Waals surface area contributed by atoms with Crippen molar-refractivity contribution in [1.82, 2.24) is 4.72 Å². The third-order valence-corrected chi connectivity index (χ3v) is 3.70. The lowest BCUT2D eigenvalue weighted by atomic mass is 10.2. The predicted molar refractivity (Wildman–Crippen MR) is 58.2 cm³/mol. The van der Waals surface area contributed by atoms with Crippen LogP contribution >= 0.6 is 11.6 Å². The molecule has 0 bridgehead atoms. The monoisotopic (exact) mass is 249 g/mol. The summed E-state index contributed by atoms with van der Waals surface area (Å²) in [6.45, 7) is 1.63. The number of aliphatic hydroxyl groups excluding tert-OH is 1. The second-order valence-corrected chi connectivity index (χ2v) is 5.08. The number of benzene rings is 1. The zero-order valence-electron chi connectivity index (χ0n) is 8.20. The molecule has 1 aromatic rings. The molecule has 0 spiro atoms. The third-order valence-electron chi connectivity index (χ3n) is 1.82. The maximum atomic E-state index is 11.7. The highest BCUT2D eigenvalue weighted by atomic mass is 35.5. The van der Waals surface area contributed by atoms with Crippen molar-refractivity contribution in [3.05, 3.63) is 28.8 Å².